The topological polar surface area (TPSA) is 41.5 Å². The van der Waals surface area contributed by atoms with E-state index < -0.39 is 11.7 Å². The molecule has 6 heteroatoms. The summed E-state index contributed by atoms with van der Waals surface area (Å²) in [5.74, 6) is 0.558. The number of nitrogens with one attached hydrogen (secondary N) is 1. The van der Waals surface area contributed by atoms with E-state index in [0.717, 1.165) is 36.1 Å². The molecule has 0 fully saturated rings. The first-order valence-corrected chi connectivity index (χ1v) is 8.05. The fourth-order valence-corrected chi connectivity index (χ4v) is 2.47. The van der Waals surface area contributed by atoms with Gasteiger partial charge in [0.05, 0.1) is 12.7 Å². The SMILES string of the molecule is COc1cc(CC[C@H](C)NCc2ccc(C(F)(F)F)cc2)ccc1O. The Kier molecular flexibility index (Phi) is 6.31. The molecule has 0 amide bonds. The van der Waals surface area contributed by atoms with Crippen LogP contribution in [0.15, 0.2) is 42.5 Å². The number of hydrogen-bond acceptors (Lipinski definition) is 3. The number of halogens is 3. The van der Waals surface area contributed by atoms with Gasteiger partial charge in [-0.15, -0.1) is 0 Å². The fourth-order valence-electron chi connectivity index (χ4n) is 2.47. The van der Waals surface area contributed by atoms with Crippen LogP contribution in [0, 0.1) is 0 Å². The lowest BCUT2D eigenvalue weighted by molar-refractivity contribution is -0.137. The normalized spacial score (nSPS) is 12.8. The van der Waals surface area contributed by atoms with Gasteiger partial charge in [-0.1, -0.05) is 18.2 Å². The molecule has 0 aliphatic heterocycles. The van der Waals surface area contributed by atoms with Crippen molar-refractivity contribution in [1.29, 1.82) is 0 Å². The molecular formula is C19H22F3NO2. The lowest BCUT2D eigenvalue weighted by Gasteiger charge is -2.15. The van der Waals surface area contributed by atoms with Gasteiger partial charge in [0.2, 0.25) is 0 Å². The molecule has 25 heavy (non-hydrogen) atoms. The lowest BCUT2D eigenvalue weighted by atomic mass is 10.0. The van der Waals surface area contributed by atoms with E-state index in [-0.39, 0.29) is 11.8 Å². The third-order valence-electron chi connectivity index (χ3n) is 4.05. The number of phenolic OH excluding ortho intramolecular Hbond substituents is 1. The zero-order valence-electron chi connectivity index (χ0n) is 14.2. The smallest absolute Gasteiger partial charge is 0.416 e. The van der Waals surface area contributed by atoms with Crippen LogP contribution >= 0.6 is 0 Å². The minimum absolute atomic E-state index is 0.111. The fraction of sp³-hybridized carbons (Fsp3) is 0.368. The van der Waals surface area contributed by atoms with Crippen LogP contribution in [0.3, 0.4) is 0 Å². The van der Waals surface area contributed by atoms with Gasteiger partial charge in [-0.2, -0.15) is 13.2 Å². The molecule has 3 nitrogen and oxygen atoms in total. The quantitative estimate of drug-likeness (QED) is 0.768. The number of alkyl halides is 3. The summed E-state index contributed by atoms with van der Waals surface area (Å²) in [5.41, 5.74) is 1.23. The molecule has 1 atom stereocenters. The molecule has 2 N–H and O–H groups in total. The molecule has 0 saturated carbocycles. The molecule has 0 spiro atoms. The van der Waals surface area contributed by atoms with Crippen LogP contribution in [-0.4, -0.2) is 18.3 Å². The zero-order valence-corrected chi connectivity index (χ0v) is 14.2. The molecule has 2 aromatic rings. The zero-order chi connectivity index (χ0) is 18.4. The molecule has 0 bridgehead atoms. The maximum absolute atomic E-state index is 12.5. The van der Waals surface area contributed by atoms with E-state index in [1.54, 1.807) is 12.1 Å². The van der Waals surface area contributed by atoms with E-state index in [2.05, 4.69) is 5.32 Å². The summed E-state index contributed by atoms with van der Waals surface area (Å²) in [4.78, 5) is 0. The van der Waals surface area contributed by atoms with Crippen LogP contribution in [0.1, 0.15) is 30.0 Å². The third kappa shape index (κ3) is 5.67. The first-order valence-electron chi connectivity index (χ1n) is 8.05. The first-order chi connectivity index (χ1) is 11.8. The second-order valence-electron chi connectivity index (χ2n) is 6.02. The number of hydrogen-bond donors (Lipinski definition) is 2. The molecule has 2 rings (SSSR count). The second kappa shape index (κ2) is 8.25. The third-order valence-corrected chi connectivity index (χ3v) is 4.05. The molecule has 0 aromatic heterocycles. The van der Waals surface area contributed by atoms with E-state index in [1.807, 2.05) is 13.0 Å². The first kappa shape index (κ1) is 19.1. The molecule has 0 saturated heterocycles. The molecule has 136 valence electrons. The summed E-state index contributed by atoms with van der Waals surface area (Å²) in [6, 6.07) is 10.6. The molecule has 2 aromatic carbocycles. The van der Waals surface area contributed by atoms with Crippen molar-refractivity contribution in [2.75, 3.05) is 7.11 Å². The standard InChI is InChI=1S/C19H22F3NO2/c1-13(3-4-14-7-10-17(24)18(11-14)25-2)23-12-15-5-8-16(9-6-15)19(20,21)22/h5-11,13,23-24H,3-4,12H2,1-2H3/t13-/m0/s1. The van der Waals surface area contributed by atoms with Crippen LogP contribution in [0.4, 0.5) is 13.2 Å². The minimum atomic E-state index is -4.30. The lowest BCUT2D eigenvalue weighted by Crippen LogP contribution is -2.26. The highest BCUT2D eigenvalue weighted by Gasteiger charge is 2.29. The average molecular weight is 353 g/mol. The van der Waals surface area contributed by atoms with Crippen LogP contribution in [0.25, 0.3) is 0 Å². The van der Waals surface area contributed by atoms with Gasteiger partial charge in [-0.05, 0) is 55.2 Å². The van der Waals surface area contributed by atoms with Gasteiger partial charge in [-0.3, -0.25) is 0 Å². The predicted molar refractivity (Wildman–Crippen MR) is 90.7 cm³/mol. The molecular weight excluding hydrogens is 331 g/mol. The largest absolute Gasteiger partial charge is 0.504 e. The number of aryl methyl sites for hydroxylation is 1. The highest BCUT2D eigenvalue weighted by molar-refractivity contribution is 5.41. The number of aromatic hydroxyl groups is 1. The average Bonchev–Trinajstić information content (AvgIpc) is 2.58. The predicted octanol–water partition coefficient (Wildman–Crippen LogP) is 4.53. The highest BCUT2D eigenvalue weighted by atomic mass is 19.4. The van der Waals surface area contributed by atoms with Crippen molar-refractivity contribution in [3.8, 4) is 11.5 Å². The summed E-state index contributed by atoms with van der Waals surface area (Å²) in [7, 11) is 1.51. The maximum Gasteiger partial charge on any atom is 0.416 e. The van der Waals surface area contributed by atoms with Gasteiger partial charge in [0.1, 0.15) is 0 Å². The Morgan fingerprint density at radius 1 is 1.08 bits per heavy atom. The summed E-state index contributed by atoms with van der Waals surface area (Å²) in [6.45, 7) is 2.54. The molecule has 0 radical (unpaired) electrons. The van der Waals surface area contributed by atoms with Crippen LogP contribution in [0.5, 0.6) is 11.5 Å². The van der Waals surface area contributed by atoms with Crippen molar-refractivity contribution < 1.29 is 23.0 Å². The number of ether oxygens (including phenoxy) is 1. The van der Waals surface area contributed by atoms with Crippen molar-refractivity contribution in [3.05, 3.63) is 59.2 Å². The van der Waals surface area contributed by atoms with Crippen molar-refractivity contribution in [2.45, 2.75) is 38.5 Å². The summed E-state index contributed by atoms with van der Waals surface area (Å²) in [5, 5.41) is 12.9. The van der Waals surface area contributed by atoms with E-state index in [0.29, 0.717) is 12.3 Å². The highest BCUT2D eigenvalue weighted by Crippen LogP contribution is 2.29. The van der Waals surface area contributed by atoms with Crippen molar-refractivity contribution in [3.63, 3.8) is 0 Å². The maximum atomic E-state index is 12.5. The van der Waals surface area contributed by atoms with Crippen molar-refractivity contribution in [1.82, 2.24) is 5.32 Å². The van der Waals surface area contributed by atoms with Gasteiger partial charge in [0, 0.05) is 12.6 Å². The van der Waals surface area contributed by atoms with Gasteiger partial charge < -0.3 is 15.2 Å². The van der Waals surface area contributed by atoms with Crippen LogP contribution in [0.2, 0.25) is 0 Å². The van der Waals surface area contributed by atoms with Crippen LogP contribution in [-0.2, 0) is 19.1 Å². The monoisotopic (exact) mass is 353 g/mol. The molecule has 0 heterocycles. The van der Waals surface area contributed by atoms with E-state index >= 15 is 0 Å². The Bertz CT molecular complexity index is 684. The Hall–Kier alpha value is -2.21. The number of benzene rings is 2. The van der Waals surface area contributed by atoms with Gasteiger partial charge >= 0.3 is 6.18 Å². The Labute approximate surface area is 145 Å². The van der Waals surface area contributed by atoms with E-state index in [9.17, 15) is 18.3 Å². The summed E-state index contributed by atoms with van der Waals surface area (Å²) in [6.07, 6.45) is -2.64. The Balaban J connectivity index is 1.81. The molecule has 0 unspecified atom stereocenters. The summed E-state index contributed by atoms with van der Waals surface area (Å²) < 4.78 is 42.7. The Morgan fingerprint density at radius 3 is 2.32 bits per heavy atom. The minimum Gasteiger partial charge on any atom is -0.504 e. The second-order valence-corrected chi connectivity index (χ2v) is 6.02. The van der Waals surface area contributed by atoms with E-state index in [1.165, 1.54) is 19.2 Å². The molecule has 0 aliphatic carbocycles. The van der Waals surface area contributed by atoms with Gasteiger partial charge in [0.25, 0.3) is 0 Å². The van der Waals surface area contributed by atoms with Gasteiger partial charge in [0.15, 0.2) is 11.5 Å². The van der Waals surface area contributed by atoms with Crippen molar-refractivity contribution >= 4 is 0 Å². The Morgan fingerprint density at radius 2 is 1.72 bits per heavy atom. The van der Waals surface area contributed by atoms with Crippen LogP contribution < -0.4 is 10.1 Å². The molecule has 0 aliphatic rings. The number of methoxy groups -OCH3 is 1. The number of rotatable bonds is 7. The van der Waals surface area contributed by atoms with Gasteiger partial charge in [-0.25, -0.2) is 0 Å². The number of phenols is 1. The van der Waals surface area contributed by atoms with E-state index in [4.69, 9.17) is 4.74 Å². The summed E-state index contributed by atoms with van der Waals surface area (Å²) >= 11 is 0. The van der Waals surface area contributed by atoms with Crippen molar-refractivity contribution in [2.24, 2.45) is 0 Å².